The van der Waals surface area contributed by atoms with Gasteiger partial charge in [0.05, 0.1) is 12.8 Å². The Balaban J connectivity index is 1.99. The van der Waals surface area contributed by atoms with Crippen LogP contribution in [0.3, 0.4) is 0 Å². The highest BCUT2D eigenvalue weighted by Gasteiger charge is 1.95. The number of nitrogens with two attached hydrogens (primary N) is 1. The molecule has 0 aliphatic rings. The fourth-order valence-corrected chi connectivity index (χ4v) is 1.01. The molecule has 1 heterocycles. The largest absolute Gasteiger partial charge is 0.468 e. The summed E-state index contributed by atoms with van der Waals surface area (Å²) in [6.07, 6.45) is 2.85. The zero-order valence-electron chi connectivity index (χ0n) is 7.45. The predicted octanol–water partition coefficient (Wildman–Crippen LogP) is 0.635. The zero-order valence-corrected chi connectivity index (χ0v) is 7.45. The Labute approximate surface area is 77.1 Å². The van der Waals surface area contributed by atoms with Crippen LogP contribution < -0.4 is 11.1 Å². The Morgan fingerprint density at radius 2 is 2.46 bits per heavy atom. The van der Waals surface area contributed by atoms with Crippen LogP contribution >= 0.6 is 0 Å². The lowest BCUT2D eigenvalue weighted by molar-refractivity contribution is -0.118. The van der Waals surface area contributed by atoms with Crippen LogP contribution in [0.4, 0.5) is 0 Å². The van der Waals surface area contributed by atoms with Gasteiger partial charge in [0.15, 0.2) is 0 Å². The van der Waals surface area contributed by atoms with E-state index in [1.54, 1.807) is 6.26 Å². The summed E-state index contributed by atoms with van der Waals surface area (Å²) in [5.41, 5.74) is 4.98. The fraction of sp³-hybridized carbons (Fsp3) is 0.444. The van der Waals surface area contributed by atoms with E-state index in [1.807, 2.05) is 12.1 Å². The fourth-order valence-electron chi connectivity index (χ4n) is 1.01. The van der Waals surface area contributed by atoms with Crippen molar-refractivity contribution in [3.05, 3.63) is 24.2 Å². The maximum absolute atomic E-state index is 10.4. The molecule has 1 aromatic heterocycles. The van der Waals surface area contributed by atoms with Crippen LogP contribution in [0.5, 0.6) is 0 Å². The third kappa shape index (κ3) is 4.32. The molecule has 1 aromatic rings. The van der Waals surface area contributed by atoms with Crippen molar-refractivity contribution in [1.29, 1.82) is 0 Å². The van der Waals surface area contributed by atoms with Crippen LogP contribution in [0.15, 0.2) is 22.8 Å². The number of hydrogen-bond donors (Lipinski definition) is 2. The molecule has 3 N–H and O–H groups in total. The second kappa shape index (κ2) is 5.37. The summed E-state index contributed by atoms with van der Waals surface area (Å²) in [6, 6.07) is 3.75. The molecule has 0 spiro atoms. The molecule has 4 heteroatoms. The van der Waals surface area contributed by atoms with E-state index in [9.17, 15) is 4.79 Å². The Morgan fingerprint density at radius 3 is 3.08 bits per heavy atom. The van der Waals surface area contributed by atoms with E-state index in [0.29, 0.717) is 13.0 Å². The first-order chi connectivity index (χ1) is 6.29. The van der Waals surface area contributed by atoms with Gasteiger partial charge in [0, 0.05) is 6.42 Å². The maximum atomic E-state index is 10.4. The normalized spacial score (nSPS) is 10.2. The van der Waals surface area contributed by atoms with Crippen LogP contribution in [0, 0.1) is 0 Å². The van der Waals surface area contributed by atoms with Crippen LogP contribution in [-0.4, -0.2) is 12.5 Å². The van der Waals surface area contributed by atoms with Crippen molar-refractivity contribution in [3.63, 3.8) is 0 Å². The quantitative estimate of drug-likeness (QED) is 0.634. The van der Waals surface area contributed by atoms with Crippen molar-refractivity contribution in [2.75, 3.05) is 6.54 Å². The van der Waals surface area contributed by atoms with E-state index in [2.05, 4.69) is 5.32 Å². The average molecular weight is 182 g/mol. The maximum Gasteiger partial charge on any atom is 0.217 e. The van der Waals surface area contributed by atoms with Gasteiger partial charge in [0.2, 0.25) is 5.91 Å². The van der Waals surface area contributed by atoms with Crippen LogP contribution in [0.2, 0.25) is 0 Å². The lowest BCUT2D eigenvalue weighted by Crippen LogP contribution is -2.17. The molecule has 0 fully saturated rings. The molecule has 13 heavy (non-hydrogen) atoms. The number of carbonyl (C=O) groups is 1. The lowest BCUT2D eigenvalue weighted by Gasteiger charge is -2.00. The summed E-state index contributed by atoms with van der Waals surface area (Å²) in [6.45, 7) is 1.48. The molecule has 0 saturated carbocycles. The number of rotatable bonds is 6. The Morgan fingerprint density at radius 1 is 1.62 bits per heavy atom. The smallest absolute Gasteiger partial charge is 0.217 e. The minimum absolute atomic E-state index is 0.250. The van der Waals surface area contributed by atoms with Gasteiger partial charge in [0.1, 0.15) is 5.76 Å². The first-order valence-electron chi connectivity index (χ1n) is 4.30. The molecule has 0 radical (unpaired) electrons. The second-order valence-corrected chi connectivity index (χ2v) is 2.83. The Kier molecular flexibility index (Phi) is 4.05. The summed E-state index contributed by atoms with van der Waals surface area (Å²) in [5.74, 6) is 0.652. The molecular weight excluding hydrogens is 168 g/mol. The van der Waals surface area contributed by atoms with Gasteiger partial charge in [-0.05, 0) is 25.1 Å². The topological polar surface area (TPSA) is 68.3 Å². The molecule has 0 unspecified atom stereocenters. The predicted molar refractivity (Wildman–Crippen MR) is 48.8 cm³/mol. The number of amides is 1. The molecule has 1 rings (SSSR count). The lowest BCUT2D eigenvalue weighted by atomic mass is 10.3. The van der Waals surface area contributed by atoms with Crippen molar-refractivity contribution in [1.82, 2.24) is 5.32 Å². The highest BCUT2D eigenvalue weighted by molar-refractivity contribution is 5.73. The molecule has 0 aliphatic heterocycles. The minimum atomic E-state index is -0.250. The van der Waals surface area contributed by atoms with E-state index in [1.165, 1.54) is 0 Å². The van der Waals surface area contributed by atoms with Crippen molar-refractivity contribution < 1.29 is 9.21 Å². The van der Waals surface area contributed by atoms with E-state index < -0.39 is 0 Å². The molecule has 0 bridgehead atoms. The highest BCUT2D eigenvalue weighted by Crippen LogP contribution is 1.98. The summed E-state index contributed by atoms with van der Waals surface area (Å²) < 4.78 is 5.11. The zero-order chi connectivity index (χ0) is 9.52. The third-order valence-corrected chi connectivity index (χ3v) is 1.66. The van der Waals surface area contributed by atoms with Gasteiger partial charge in [-0.1, -0.05) is 0 Å². The molecular formula is C9H14N2O2. The molecule has 1 amide bonds. The number of carbonyl (C=O) groups excluding carboxylic acids is 1. The molecule has 0 aromatic carbocycles. The monoisotopic (exact) mass is 182 g/mol. The van der Waals surface area contributed by atoms with Crippen molar-refractivity contribution >= 4 is 5.91 Å². The van der Waals surface area contributed by atoms with Crippen LogP contribution in [0.25, 0.3) is 0 Å². The molecule has 0 aliphatic carbocycles. The van der Waals surface area contributed by atoms with Gasteiger partial charge in [-0.25, -0.2) is 0 Å². The highest BCUT2D eigenvalue weighted by atomic mass is 16.3. The van der Waals surface area contributed by atoms with Crippen LogP contribution in [0.1, 0.15) is 18.6 Å². The average Bonchev–Trinajstić information content (AvgIpc) is 2.55. The van der Waals surface area contributed by atoms with Crippen molar-refractivity contribution in [2.45, 2.75) is 19.4 Å². The van der Waals surface area contributed by atoms with Gasteiger partial charge in [-0.15, -0.1) is 0 Å². The summed E-state index contributed by atoms with van der Waals surface area (Å²) >= 11 is 0. The standard InChI is InChI=1S/C9H14N2O2/c10-9(12)4-1-5-11-7-8-3-2-6-13-8/h2-3,6,11H,1,4-5,7H2,(H2,10,12). The summed E-state index contributed by atoms with van der Waals surface area (Å²) in [7, 11) is 0. The molecule has 72 valence electrons. The Hall–Kier alpha value is -1.29. The summed E-state index contributed by atoms with van der Waals surface area (Å²) in [5, 5.41) is 3.14. The van der Waals surface area contributed by atoms with Gasteiger partial charge >= 0.3 is 0 Å². The summed E-state index contributed by atoms with van der Waals surface area (Å²) in [4.78, 5) is 10.4. The van der Waals surface area contributed by atoms with Crippen LogP contribution in [-0.2, 0) is 11.3 Å². The van der Waals surface area contributed by atoms with E-state index in [4.69, 9.17) is 10.2 Å². The van der Waals surface area contributed by atoms with Gasteiger partial charge in [-0.3, -0.25) is 4.79 Å². The first-order valence-corrected chi connectivity index (χ1v) is 4.30. The van der Waals surface area contributed by atoms with E-state index in [-0.39, 0.29) is 5.91 Å². The van der Waals surface area contributed by atoms with Crippen molar-refractivity contribution in [2.24, 2.45) is 5.73 Å². The van der Waals surface area contributed by atoms with Gasteiger partial charge < -0.3 is 15.5 Å². The number of primary amides is 1. The number of nitrogens with one attached hydrogen (secondary N) is 1. The number of hydrogen-bond acceptors (Lipinski definition) is 3. The minimum Gasteiger partial charge on any atom is -0.468 e. The van der Waals surface area contributed by atoms with E-state index >= 15 is 0 Å². The molecule has 0 saturated heterocycles. The SMILES string of the molecule is NC(=O)CCCNCc1ccco1. The van der Waals surface area contributed by atoms with Gasteiger partial charge in [-0.2, -0.15) is 0 Å². The second-order valence-electron chi connectivity index (χ2n) is 2.83. The molecule has 0 atom stereocenters. The van der Waals surface area contributed by atoms with E-state index in [0.717, 1.165) is 18.7 Å². The van der Waals surface area contributed by atoms with Crippen molar-refractivity contribution in [3.8, 4) is 0 Å². The number of furan rings is 1. The Bertz CT molecular complexity index is 244. The molecule has 4 nitrogen and oxygen atoms in total. The first kappa shape index (κ1) is 9.80. The third-order valence-electron chi connectivity index (χ3n) is 1.66. The van der Waals surface area contributed by atoms with Gasteiger partial charge in [0.25, 0.3) is 0 Å².